The second-order valence-electron chi connectivity index (χ2n) is 10.6. The van der Waals surface area contributed by atoms with Gasteiger partial charge in [-0.2, -0.15) is 18.2 Å². The second-order valence-corrected chi connectivity index (χ2v) is 10.6. The highest BCUT2D eigenvalue weighted by Crippen LogP contribution is 2.38. The van der Waals surface area contributed by atoms with E-state index in [0.29, 0.717) is 73.1 Å². The van der Waals surface area contributed by atoms with E-state index in [0.717, 1.165) is 12.1 Å². The smallest absolute Gasteiger partial charge is 0.416 e. The highest BCUT2D eigenvalue weighted by atomic mass is 19.4. The van der Waals surface area contributed by atoms with Crippen molar-refractivity contribution in [3.05, 3.63) is 59.4 Å². The number of carbonyl (C=O) groups is 1. The van der Waals surface area contributed by atoms with Gasteiger partial charge in [-0.25, -0.2) is 4.98 Å². The first-order chi connectivity index (χ1) is 19.7. The van der Waals surface area contributed by atoms with Gasteiger partial charge in [0.05, 0.1) is 5.56 Å². The first-order valence-corrected chi connectivity index (χ1v) is 13.4. The molecule has 1 amide bonds. The minimum atomic E-state index is -4.50. The lowest BCUT2D eigenvalue weighted by Gasteiger charge is -2.24. The summed E-state index contributed by atoms with van der Waals surface area (Å²) < 4.78 is 56.8. The Morgan fingerprint density at radius 2 is 1.83 bits per heavy atom. The van der Waals surface area contributed by atoms with Gasteiger partial charge in [0.1, 0.15) is 22.7 Å². The average Bonchev–Trinajstić information content (AvgIpc) is 3.51. The molecule has 0 aliphatic carbocycles. The SMILES string of the molecule is CC(C)Cc1nc(N2CCCN(C(=O)c3ccc4c(c3)OCO4)CC2)c2c(-c3cccc(C(F)(F)F)c3)noc2n1. The molecule has 2 aromatic carbocycles. The van der Waals surface area contributed by atoms with E-state index in [1.54, 1.807) is 29.2 Å². The summed E-state index contributed by atoms with van der Waals surface area (Å²) in [6, 6.07) is 10.1. The summed E-state index contributed by atoms with van der Waals surface area (Å²) in [4.78, 5) is 26.6. The minimum absolute atomic E-state index is 0.117. The monoisotopic (exact) mass is 567 g/mol. The van der Waals surface area contributed by atoms with Crippen molar-refractivity contribution in [1.82, 2.24) is 20.0 Å². The summed E-state index contributed by atoms with van der Waals surface area (Å²) in [7, 11) is 0. The van der Waals surface area contributed by atoms with Gasteiger partial charge < -0.3 is 23.8 Å². The van der Waals surface area contributed by atoms with Gasteiger partial charge in [-0.05, 0) is 42.7 Å². The minimum Gasteiger partial charge on any atom is -0.454 e. The first kappa shape index (κ1) is 26.9. The average molecular weight is 568 g/mol. The molecule has 0 bridgehead atoms. The van der Waals surface area contributed by atoms with E-state index < -0.39 is 11.7 Å². The van der Waals surface area contributed by atoms with Crippen molar-refractivity contribution in [1.29, 1.82) is 0 Å². The van der Waals surface area contributed by atoms with Crippen LogP contribution in [0.3, 0.4) is 0 Å². The highest BCUT2D eigenvalue weighted by molar-refractivity contribution is 5.98. The molecule has 12 heteroatoms. The summed E-state index contributed by atoms with van der Waals surface area (Å²) in [5.74, 6) is 2.41. The van der Waals surface area contributed by atoms with Crippen molar-refractivity contribution in [3.8, 4) is 22.8 Å². The van der Waals surface area contributed by atoms with E-state index in [4.69, 9.17) is 19.0 Å². The number of hydrogen-bond donors (Lipinski definition) is 0. The number of halogens is 3. The van der Waals surface area contributed by atoms with Crippen molar-refractivity contribution >= 4 is 22.8 Å². The molecule has 9 nitrogen and oxygen atoms in total. The number of anilines is 1. The Balaban J connectivity index is 1.33. The summed E-state index contributed by atoms with van der Waals surface area (Å²) in [5, 5.41) is 4.59. The molecule has 6 rings (SSSR count). The number of rotatable bonds is 5. The molecule has 0 N–H and O–H groups in total. The zero-order valence-corrected chi connectivity index (χ0v) is 22.6. The summed E-state index contributed by atoms with van der Waals surface area (Å²) in [5.41, 5.74) is 0.453. The Morgan fingerprint density at radius 1 is 1.00 bits per heavy atom. The van der Waals surface area contributed by atoms with Crippen molar-refractivity contribution < 1.29 is 32.0 Å². The third-order valence-electron chi connectivity index (χ3n) is 7.12. The fourth-order valence-electron chi connectivity index (χ4n) is 5.15. The van der Waals surface area contributed by atoms with Crippen LogP contribution in [0.5, 0.6) is 11.5 Å². The zero-order chi connectivity index (χ0) is 28.7. The second kappa shape index (κ2) is 10.6. The molecular formula is C29H28F3N5O4. The van der Waals surface area contributed by atoms with Crippen LogP contribution in [0.2, 0.25) is 0 Å². The maximum atomic E-state index is 13.5. The molecule has 2 aliphatic rings. The standard InChI is InChI=1S/C29H28F3N5O4/c1-17(2)13-23-33-26(24-25(35-41-27(24)34-23)18-5-3-6-20(14-18)29(30,31)32)36-9-4-10-37(12-11-36)28(38)19-7-8-21-22(15-19)40-16-39-21/h3,5-8,14-15,17H,4,9-13,16H2,1-2H3. The van der Waals surface area contributed by atoms with Gasteiger partial charge in [0.15, 0.2) is 11.5 Å². The molecular weight excluding hydrogens is 539 g/mol. The van der Waals surface area contributed by atoms with E-state index in [9.17, 15) is 18.0 Å². The van der Waals surface area contributed by atoms with Crippen LogP contribution in [0.15, 0.2) is 47.0 Å². The molecule has 2 aromatic heterocycles. The van der Waals surface area contributed by atoms with Crippen LogP contribution in [-0.2, 0) is 12.6 Å². The van der Waals surface area contributed by atoms with Crippen LogP contribution in [0.1, 0.15) is 42.0 Å². The Kier molecular flexibility index (Phi) is 6.92. The normalized spacial score (nSPS) is 15.6. The first-order valence-electron chi connectivity index (χ1n) is 13.4. The maximum absolute atomic E-state index is 13.5. The molecule has 0 radical (unpaired) electrons. The molecule has 0 saturated carbocycles. The molecule has 1 fully saturated rings. The molecule has 41 heavy (non-hydrogen) atoms. The van der Waals surface area contributed by atoms with Crippen LogP contribution < -0.4 is 14.4 Å². The molecule has 0 unspecified atom stereocenters. The van der Waals surface area contributed by atoms with Gasteiger partial charge >= 0.3 is 6.18 Å². The number of ether oxygens (including phenoxy) is 2. The highest BCUT2D eigenvalue weighted by Gasteiger charge is 2.32. The van der Waals surface area contributed by atoms with E-state index in [1.165, 1.54) is 6.07 Å². The van der Waals surface area contributed by atoms with E-state index in [2.05, 4.69) is 10.1 Å². The summed E-state index contributed by atoms with van der Waals surface area (Å²) in [6.07, 6.45) is -3.26. The van der Waals surface area contributed by atoms with Gasteiger partial charge in [-0.3, -0.25) is 4.79 Å². The van der Waals surface area contributed by atoms with E-state index in [1.807, 2.05) is 18.7 Å². The molecule has 0 atom stereocenters. The molecule has 0 spiro atoms. The van der Waals surface area contributed by atoms with E-state index in [-0.39, 0.29) is 35.6 Å². The van der Waals surface area contributed by atoms with Gasteiger partial charge in [-0.15, -0.1) is 0 Å². The number of alkyl halides is 3. The number of benzene rings is 2. The van der Waals surface area contributed by atoms with E-state index >= 15 is 0 Å². The van der Waals surface area contributed by atoms with Crippen molar-refractivity contribution in [2.75, 3.05) is 37.9 Å². The Morgan fingerprint density at radius 3 is 2.63 bits per heavy atom. The fraction of sp³-hybridized carbons (Fsp3) is 0.379. The largest absolute Gasteiger partial charge is 0.454 e. The lowest BCUT2D eigenvalue weighted by Crippen LogP contribution is -2.35. The summed E-state index contributed by atoms with van der Waals surface area (Å²) in [6.45, 7) is 6.20. The zero-order valence-electron chi connectivity index (χ0n) is 22.6. The topological polar surface area (TPSA) is 93.8 Å². The van der Waals surface area contributed by atoms with Crippen LogP contribution in [0.4, 0.5) is 19.0 Å². The van der Waals surface area contributed by atoms with Gasteiger partial charge in [-0.1, -0.05) is 31.1 Å². The van der Waals surface area contributed by atoms with Gasteiger partial charge in [0.2, 0.25) is 6.79 Å². The molecule has 2 aliphatic heterocycles. The van der Waals surface area contributed by atoms with Crippen LogP contribution in [0.25, 0.3) is 22.4 Å². The van der Waals surface area contributed by atoms with Crippen molar-refractivity contribution in [3.63, 3.8) is 0 Å². The predicted octanol–water partition coefficient (Wildman–Crippen LogP) is 5.58. The van der Waals surface area contributed by atoms with Crippen LogP contribution >= 0.6 is 0 Å². The van der Waals surface area contributed by atoms with Gasteiger partial charge in [0, 0.05) is 43.7 Å². The van der Waals surface area contributed by atoms with Gasteiger partial charge in [0.25, 0.3) is 11.6 Å². The number of carbonyl (C=O) groups excluding carboxylic acids is 1. The fourth-order valence-corrected chi connectivity index (χ4v) is 5.15. The maximum Gasteiger partial charge on any atom is 0.416 e. The lowest BCUT2D eigenvalue weighted by atomic mass is 10.1. The number of hydrogen-bond acceptors (Lipinski definition) is 8. The molecule has 214 valence electrons. The third kappa shape index (κ3) is 5.38. The Hall–Kier alpha value is -4.35. The predicted molar refractivity (Wildman–Crippen MR) is 144 cm³/mol. The van der Waals surface area contributed by atoms with Crippen LogP contribution in [-0.4, -0.2) is 58.9 Å². The number of amides is 1. The van der Waals surface area contributed by atoms with Crippen LogP contribution in [0, 0.1) is 5.92 Å². The lowest BCUT2D eigenvalue weighted by molar-refractivity contribution is -0.137. The van der Waals surface area contributed by atoms with Crippen molar-refractivity contribution in [2.45, 2.75) is 32.9 Å². The van der Waals surface area contributed by atoms with Crippen molar-refractivity contribution in [2.24, 2.45) is 5.92 Å². The molecule has 4 aromatic rings. The summed E-state index contributed by atoms with van der Waals surface area (Å²) >= 11 is 0. The quantitative estimate of drug-likeness (QED) is 0.309. The third-order valence-corrected chi connectivity index (χ3v) is 7.12. The number of nitrogens with zero attached hydrogens (tertiary/aromatic N) is 5. The molecule has 4 heterocycles. The number of fused-ring (bicyclic) bond motifs is 2. The Labute approximate surface area is 233 Å². The molecule has 1 saturated heterocycles. The Bertz CT molecular complexity index is 1600. The number of aromatic nitrogens is 3.